The second-order valence-electron chi connectivity index (χ2n) is 4.06. The Balaban J connectivity index is 0.000000423. The molecule has 2 nitrogen and oxygen atoms in total. The van der Waals surface area contributed by atoms with E-state index in [1.807, 2.05) is 18.2 Å². The highest BCUT2D eigenvalue weighted by Crippen LogP contribution is 2.28. The zero-order valence-electron chi connectivity index (χ0n) is 9.58. The standard InChI is InChI=1S/C10H13Cl.C2H4O2/c1-10(2,3)8-6-4-5-7-9(8)11;1-4-2-3/h4-7H,1-3H3;2H,1H3. The van der Waals surface area contributed by atoms with Gasteiger partial charge in [-0.15, -0.1) is 0 Å². The summed E-state index contributed by atoms with van der Waals surface area (Å²) in [5.41, 5.74) is 1.36. The summed E-state index contributed by atoms with van der Waals surface area (Å²) in [4.78, 5) is 8.95. The molecule has 0 spiro atoms. The summed E-state index contributed by atoms with van der Waals surface area (Å²) >= 11 is 6.01. The highest BCUT2D eigenvalue weighted by atomic mass is 35.5. The van der Waals surface area contributed by atoms with Crippen LogP contribution in [0.3, 0.4) is 0 Å². The fourth-order valence-corrected chi connectivity index (χ4v) is 1.49. The van der Waals surface area contributed by atoms with Crippen molar-refractivity contribution in [3.05, 3.63) is 34.9 Å². The largest absolute Gasteiger partial charge is 0.471 e. The van der Waals surface area contributed by atoms with Crippen molar-refractivity contribution in [1.29, 1.82) is 0 Å². The minimum atomic E-state index is 0.151. The molecule has 3 heteroatoms. The van der Waals surface area contributed by atoms with E-state index in [1.54, 1.807) is 0 Å². The number of carbonyl (C=O) groups is 1. The van der Waals surface area contributed by atoms with Crippen LogP contribution < -0.4 is 0 Å². The van der Waals surface area contributed by atoms with Crippen molar-refractivity contribution in [2.75, 3.05) is 7.11 Å². The van der Waals surface area contributed by atoms with E-state index in [2.05, 4.69) is 31.6 Å². The van der Waals surface area contributed by atoms with Crippen molar-refractivity contribution in [2.24, 2.45) is 0 Å². The molecule has 1 rings (SSSR count). The van der Waals surface area contributed by atoms with Crippen molar-refractivity contribution in [3.8, 4) is 0 Å². The second kappa shape index (κ2) is 6.46. The van der Waals surface area contributed by atoms with Crippen LogP contribution in [0.15, 0.2) is 24.3 Å². The van der Waals surface area contributed by atoms with E-state index in [-0.39, 0.29) is 5.41 Å². The molecule has 0 heterocycles. The fourth-order valence-electron chi connectivity index (χ4n) is 1.07. The zero-order valence-corrected chi connectivity index (χ0v) is 10.3. The molecule has 0 aromatic heterocycles. The lowest BCUT2D eigenvalue weighted by Crippen LogP contribution is -2.11. The molecule has 84 valence electrons. The first kappa shape index (κ1) is 14.0. The Labute approximate surface area is 96.2 Å². The second-order valence-corrected chi connectivity index (χ2v) is 4.47. The van der Waals surface area contributed by atoms with Crippen LogP contribution in [0.2, 0.25) is 5.02 Å². The number of rotatable bonds is 1. The molecule has 0 aliphatic heterocycles. The van der Waals surface area contributed by atoms with Gasteiger partial charge >= 0.3 is 0 Å². The van der Waals surface area contributed by atoms with Crippen molar-refractivity contribution in [3.63, 3.8) is 0 Å². The summed E-state index contributed by atoms with van der Waals surface area (Å²) in [6, 6.07) is 7.98. The smallest absolute Gasteiger partial charge is 0.292 e. The minimum absolute atomic E-state index is 0.151. The Morgan fingerprint density at radius 3 is 2.00 bits per heavy atom. The molecule has 0 amide bonds. The first-order valence-electron chi connectivity index (χ1n) is 4.65. The summed E-state index contributed by atoms with van der Waals surface area (Å²) in [7, 11) is 1.31. The first-order chi connectivity index (χ1) is 6.93. The van der Waals surface area contributed by atoms with Gasteiger partial charge in [0, 0.05) is 5.02 Å². The van der Waals surface area contributed by atoms with Crippen molar-refractivity contribution in [2.45, 2.75) is 26.2 Å². The lowest BCUT2D eigenvalue weighted by Gasteiger charge is -2.19. The van der Waals surface area contributed by atoms with Gasteiger partial charge in [0.25, 0.3) is 6.47 Å². The Morgan fingerprint density at radius 2 is 1.73 bits per heavy atom. The maximum absolute atomic E-state index is 8.95. The van der Waals surface area contributed by atoms with E-state index < -0.39 is 0 Å². The van der Waals surface area contributed by atoms with Crippen LogP contribution in [0, 0.1) is 0 Å². The van der Waals surface area contributed by atoms with Gasteiger partial charge in [-0.05, 0) is 17.0 Å². The average molecular weight is 229 g/mol. The SMILES string of the molecule is CC(C)(C)c1ccccc1Cl.COC=O. The van der Waals surface area contributed by atoms with Gasteiger partial charge in [0.1, 0.15) is 0 Å². The molecule has 0 saturated carbocycles. The molecule has 0 saturated heterocycles. The molecule has 0 aliphatic rings. The highest BCUT2D eigenvalue weighted by Gasteiger charge is 2.15. The number of methoxy groups -OCH3 is 1. The van der Waals surface area contributed by atoms with Crippen molar-refractivity contribution in [1.82, 2.24) is 0 Å². The van der Waals surface area contributed by atoms with Gasteiger partial charge in [0.05, 0.1) is 7.11 Å². The molecule has 0 radical (unpaired) electrons. The van der Waals surface area contributed by atoms with Crippen LogP contribution in [0.1, 0.15) is 26.3 Å². The van der Waals surface area contributed by atoms with Crippen LogP contribution >= 0.6 is 11.6 Å². The van der Waals surface area contributed by atoms with E-state index in [0.29, 0.717) is 6.47 Å². The third kappa shape index (κ3) is 5.43. The average Bonchev–Trinajstić information content (AvgIpc) is 2.17. The van der Waals surface area contributed by atoms with Crippen LogP contribution in [0.5, 0.6) is 0 Å². The molecule has 0 fully saturated rings. The lowest BCUT2D eigenvalue weighted by atomic mass is 9.87. The van der Waals surface area contributed by atoms with Crippen LogP contribution in [0.4, 0.5) is 0 Å². The molecular weight excluding hydrogens is 212 g/mol. The molecule has 0 bridgehead atoms. The van der Waals surface area contributed by atoms with E-state index in [1.165, 1.54) is 12.7 Å². The van der Waals surface area contributed by atoms with Crippen molar-refractivity contribution >= 4 is 18.1 Å². The highest BCUT2D eigenvalue weighted by molar-refractivity contribution is 6.31. The summed E-state index contributed by atoms with van der Waals surface area (Å²) in [5.74, 6) is 0. The predicted molar refractivity (Wildman–Crippen MR) is 63.2 cm³/mol. The number of ether oxygens (including phenoxy) is 1. The zero-order chi connectivity index (χ0) is 11.9. The quantitative estimate of drug-likeness (QED) is 0.689. The fraction of sp³-hybridized carbons (Fsp3) is 0.417. The number of carbonyl (C=O) groups excluding carboxylic acids is 1. The molecule has 0 N–H and O–H groups in total. The van der Waals surface area contributed by atoms with Gasteiger partial charge in [0.2, 0.25) is 0 Å². The molecule has 0 aliphatic carbocycles. The lowest BCUT2D eigenvalue weighted by molar-refractivity contribution is -0.126. The third-order valence-electron chi connectivity index (χ3n) is 1.78. The monoisotopic (exact) mass is 228 g/mol. The van der Waals surface area contributed by atoms with Gasteiger partial charge in [-0.25, -0.2) is 0 Å². The summed E-state index contributed by atoms with van der Waals surface area (Å²) in [6.07, 6.45) is 0. The van der Waals surface area contributed by atoms with E-state index >= 15 is 0 Å². The van der Waals surface area contributed by atoms with Gasteiger partial charge in [0.15, 0.2) is 0 Å². The number of hydrogen-bond acceptors (Lipinski definition) is 2. The molecule has 1 aromatic rings. The van der Waals surface area contributed by atoms with Crippen molar-refractivity contribution < 1.29 is 9.53 Å². The molecule has 0 atom stereocenters. The number of benzene rings is 1. The van der Waals surface area contributed by atoms with Crippen LogP contribution in [0.25, 0.3) is 0 Å². The number of halogens is 1. The van der Waals surface area contributed by atoms with Gasteiger partial charge in [-0.2, -0.15) is 0 Å². The van der Waals surface area contributed by atoms with Crippen LogP contribution in [-0.2, 0) is 14.9 Å². The number of hydrogen-bond donors (Lipinski definition) is 0. The molecule has 15 heavy (non-hydrogen) atoms. The summed E-state index contributed by atoms with van der Waals surface area (Å²) in [6.45, 7) is 6.86. The topological polar surface area (TPSA) is 26.3 Å². The van der Waals surface area contributed by atoms with E-state index in [0.717, 1.165) is 5.02 Å². The third-order valence-corrected chi connectivity index (χ3v) is 2.11. The minimum Gasteiger partial charge on any atom is -0.471 e. The Bertz CT molecular complexity index is 303. The summed E-state index contributed by atoms with van der Waals surface area (Å²) < 4.78 is 3.86. The van der Waals surface area contributed by atoms with E-state index in [4.69, 9.17) is 16.4 Å². The van der Waals surface area contributed by atoms with Crippen LogP contribution in [-0.4, -0.2) is 13.6 Å². The Morgan fingerprint density at radius 1 is 1.27 bits per heavy atom. The maximum Gasteiger partial charge on any atom is 0.292 e. The Kier molecular flexibility index (Phi) is 6.02. The normalized spacial score (nSPS) is 9.93. The van der Waals surface area contributed by atoms with Gasteiger partial charge in [-0.1, -0.05) is 50.6 Å². The first-order valence-corrected chi connectivity index (χ1v) is 5.02. The molecule has 1 aromatic carbocycles. The molecule has 0 unspecified atom stereocenters. The molecular formula is C12H17ClO2. The van der Waals surface area contributed by atoms with Gasteiger partial charge < -0.3 is 4.74 Å². The predicted octanol–water partition coefficient (Wildman–Crippen LogP) is 3.43. The van der Waals surface area contributed by atoms with Gasteiger partial charge in [-0.3, -0.25) is 4.79 Å². The maximum atomic E-state index is 8.95. The summed E-state index contributed by atoms with van der Waals surface area (Å²) in [5, 5.41) is 0.861. The van der Waals surface area contributed by atoms with E-state index in [9.17, 15) is 0 Å². The Hall–Kier alpha value is -1.02.